The molecule has 0 N–H and O–H groups in total. The largest absolute Gasteiger partial charge is 0.497 e. The zero-order chi connectivity index (χ0) is 23.4. The Bertz CT molecular complexity index is 1200. The molecule has 1 aliphatic carbocycles. The van der Waals surface area contributed by atoms with Crippen molar-refractivity contribution < 1.29 is 26.9 Å². The van der Waals surface area contributed by atoms with Gasteiger partial charge in [-0.05, 0) is 72.2 Å². The van der Waals surface area contributed by atoms with Crippen LogP contribution in [0.25, 0.3) is 0 Å². The van der Waals surface area contributed by atoms with Crippen molar-refractivity contribution in [3.05, 3.63) is 70.4 Å². The van der Waals surface area contributed by atoms with Gasteiger partial charge in [0.25, 0.3) is 5.91 Å². The summed E-state index contributed by atoms with van der Waals surface area (Å²) in [5.41, 5.74) is 0.751. The molecule has 0 unspecified atom stereocenters. The minimum absolute atomic E-state index is 0.000936. The van der Waals surface area contributed by atoms with Crippen LogP contribution in [0.15, 0.2) is 64.9 Å². The number of carbonyl (C=O) groups excluding carboxylic acids is 1. The van der Waals surface area contributed by atoms with Gasteiger partial charge in [-0.3, -0.25) is 4.79 Å². The van der Waals surface area contributed by atoms with Crippen LogP contribution in [0.4, 0.5) is 0 Å². The van der Waals surface area contributed by atoms with Crippen molar-refractivity contribution >= 4 is 27.4 Å². The van der Waals surface area contributed by atoms with Crippen molar-refractivity contribution in [2.45, 2.75) is 24.3 Å². The molecule has 0 atom stereocenters. The maximum atomic E-state index is 13.0. The van der Waals surface area contributed by atoms with E-state index in [4.69, 9.17) is 13.7 Å². The first-order valence-electron chi connectivity index (χ1n) is 10.5. The molecule has 33 heavy (non-hydrogen) atoms. The highest BCUT2D eigenvalue weighted by Gasteiger charge is 2.28. The van der Waals surface area contributed by atoms with Gasteiger partial charge in [0.2, 0.25) is 0 Å². The fourth-order valence-electron chi connectivity index (χ4n) is 3.40. The lowest BCUT2D eigenvalue weighted by molar-refractivity contribution is 0.0739. The van der Waals surface area contributed by atoms with E-state index in [9.17, 15) is 13.2 Å². The zero-order valence-electron chi connectivity index (χ0n) is 18.4. The molecule has 1 saturated carbocycles. The third kappa shape index (κ3) is 5.66. The molecule has 0 spiro atoms. The quantitative estimate of drug-likeness (QED) is 0.389. The number of nitrogens with zero attached hydrogens (tertiary/aromatic N) is 1. The zero-order valence-corrected chi connectivity index (χ0v) is 20.0. The van der Waals surface area contributed by atoms with Gasteiger partial charge in [-0.25, -0.2) is 0 Å². The van der Waals surface area contributed by atoms with Crippen molar-refractivity contribution in [3.8, 4) is 17.2 Å². The molecule has 7 nitrogen and oxygen atoms in total. The summed E-state index contributed by atoms with van der Waals surface area (Å²) in [6, 6.07) is 14.7. The Balaban J connectivity index is 1.58. The summed E-state index contributed by atoms with van der Waals surface area (Å²) in [6.07, 6.45) is 2.23. The molecule has 0 saturated heterocycles. The fraction of sp³-hybridized carbons (Fsp3) is 0.292. The molecule has 1 fully saturated rings. The number of rotatable bonds is 10. The number of amides is 1. The topological polar surface area (TPSA) is 82.1 Å². The van der Waals surface area contributed by atoms with Crippen molar-refractivity contribution in [2.24, 2.45) is 5.92 Å². The van der Waals surface area contributed by atoms with Gasteiger partial charge in [0, 0.05) is 13.1 Å². The van der Waals surface area contributed by atoms with Crippen molar-refractivity contribution in [2.75, 3.05) is 20.8 Å². The molecular formula is C24H25NO6S2. The molecule has 1 aromatic heterocycles. The van der Waals surface area contributed by atoms with Crippen LogP contribution in [0.3, 0.4) is 0 Å². The summed E-state index contributed by atoms with van der Waals surface area (Å²) in [6.45, 7) is 1.01. The molecule has 0 bridgehead atoms. The Labute approximate surface area is 197 Å². The van der Waals surface area contributed by atoms with Crippen molar-refractivity contribution in [1.29, 1.82) is 0 Å². The highest BCUT2D eigenvalue weighted by Crippen LogP contribution is 2.34. The SMILES string of the molecule is COc1ccc(S(=O)(=O)Oc2cc(CN(CC3CC3)C(=O)c3cccs3)ccc2OC)cc1. The molecule has 1 heterocycles. The van der Waals surface area contributed by atoms with Crippen molar-refractivity contribution in [1.82, 2.24) is 4.90 Å². The Morgan fingerprint density at radius 2 is 1.79 bits per heavy atom. The van der Waals surface area contributed by atoms with E-state index in [-0.39, 0.29) is 22.3 Å². The van der Waals surface area contributed by atoms with Crippen LogP contribution in [0.1, 0.15) is 28.1 Å². The summed E-state index contributed by atoms with van der Waals surface area (Å²) in [5, 5.41) is 1.88. The first-order valence-corrected chi connectivity index (χ1v) is 12.8. The minimum atomic E-state index is -4.09. The maximum Gasteiger partial charge on any atom is 0.339 e. The Hall–Kier alpha value is -3.04. The minimum Gasteiger partial charge on any atom is -0.497 e. The van der Waals surface area contributed by atoms with Crippen LogP contribution in [-0.2, 0) is 16.7 Å². The maximum absolute atomic E-state index is 13.0. The van der Waals surface area contributed by atoms with Crippen LogP contribution in [0, 0.1) is 5.92 Å². The van der Waals surface area contributed by atoms with E-state index >= 15 is 0 Å². The molecule has 1 aliphatic rings. The lowest BCUT2D eigenvalue weighted by atomic mass is 10.1. The average Bonchev–Trinajstić information content (AvgIpc) is 3.46. The summed E-state index contributed by atoms with van der Waals surface area (Å²) < 4.78 is 41.5. The van der Waals surface area contributed by atoms with Crippen LogP contribution < -0.4 is 13.7 Å². The van der Waals surface area contributed by atoms with Gasteiger partial charge in [0.15, 0.2) is 11.5 Å². The van der Waals surface area contributed by atoms with E-state index < -0.39 is 10.1 Å². The molecule has 4 rings (SSSR count). The Morgan fingerprint density at radius 1 is 1.03 bits per heavy atom. The van der Waals surface area contributed by atoms with Gasteiger partial charge in [-0.1, -0.05) is 12.1 Å². The highest BCUT2D eigenvalue weighted by molar-refractivity contribution is 7.87. The van der Waals surface area contributed by atoms with E-state index in [1.807, 2.05) is 28.5 Å². The summed E-state index contributed by atoms with van der Waals surface area (Å²) in [5.74, 6) is 1.38. The van der Waals surface area contributed by atoms with E-state index in [2.05, 4.69) is 0 Å². The van der Waals surface area contributed by atoms with Gasteiger partial charge in [0.05, 0.1) is 19.1 Å². The normalized spacial score (nSPS) is 13.4. The van der Waals surface area contributed by atoms with Gasteiger partial charge in [0.1, 0.15) is 10.6 Å². The van der Waals surface area contributed by atoms with Gasteiger partial charge >= 0.3 is 10.1 Å². The molecule has 3 aromatic rings. The predicted molar refractivity (Wildman–Crippen MR) is 126 cm³/mol. The predicted octanol–water partition coefficient (Wildman–Crippen LogP) is 4.59. The number of carbonyl (C=O) groups is 1. The number of thiophene rings is 1. The van der Waals surface area contributed by atoms with E-state index in [0.717, 1.165) is 18.4 Å². The third-order valence-electron chi connectivity index (χ3n) is 5.34. The van der Waals surface area contributed by atoms with E-state index in [1.54, 1.807) is 24.3 Å². The molecule has 9 heteroatoms. The first-order chi connectivity index (χ1) is 15.9. The lowest BCUT2D eigenvalue weighted by Gasteiger charge is -2.23. The fourth-order valence-corrected chi connectivity index (χ4v) is 5.02. The second-order valence-corrected chi connectivity index (χ2v) is 10.3. The third-order valence-corrected chi connectivity index (χ3v) is 7.45. The monoisotopic (exact) mass is 487 g/mol. The lowest BCUT2D eigenvalue weighted by Crippen LogP contribution is -2.32. The van der Waals surface area contributed by atoms with E-state index in [0.29, 0.717) is 29.6 Å². The summed E-state index contributed by atoms with van der Waals surface area (Å²) in [7, 11) is -1.14. The Kier molecular flexibility index (Phi) is 6.90. The van der Waals surface area contributed by atoms with Gasteiger partial charge < -0.3 is 18.6 Å². The molecule has 0 aliphatic heterocycles. The van der Waals surface area contributed by atoms with Crippen LogP contribution in [-0.4, -0.2) is 40.0 Å². The Morgan fingerprint density at radius 3 is 2.39 bits per heavy atom. The standard InChI is InChI=1S/C24H25NO6S2/c1-29-19-8-10-20(11-9-19)33(27,28)31-22-14-18(7-12-21(22)30-2)16-25(15-17-5-6-17)24(26)23-4-3-13-32-23/h3-4,7-14,17H,5-6,15-16H2,1-2H3. The molecule has 1 amide bonds. The van der Waals surface area contributed by atoms with Gasteiger partial charge in [-0.15, -0.1) is 11.3 Å². The van der Waals surface area contributed by atoms with Crippen LogP contribution in [0.2, 0.25) is 0 Å². The number of hydrogen-bond acceptors (Lipinski definition) is 7. The summed E-state index contributed by atoms with van der Waals surface area (Å²) in [4.78, 5) is 15.5. The first kappa shape index (κ1) is 23.1. The van der Waals surface area contributed by atoms with Crippen LogP contribution in [0.5, 0.6) is 17.2 Å². The summed E-state index contributed by atoms with van der Waals surface area (Å²) >= 11 is 1.41. The van der Waals surface area contributed by atoms with E-state index in [1.165, 1.54) is 37.7 Å². The van der Waals surface area contributed by atoms with Gasteiger partial charge in [-0.2, -0.15) is 8.42 Å². The number of methoxy groups -OCH3 is 2. The number of hydrogen-bond donors (Lipinski definition) is 0. The molecule has 2 aromatic carbocycles. The second-order valence-electron chi connectivity index (χ2n) is 7.80. The van der Waals surface area contributed by atoms with Crippen LogP contribution >= 0.6 is 11.3 Å². The molecule has 174 valence electrons. The number of ether oxygens (including phenoxy) is 2. The van der Waals surface area contributed by atoms with Crippen molar-refractivity contribution in [3.63, 3.8) is 0 Å². The smallest absolute Gasteiger partial charge is 0.339 e. The molecule has 0 radical (unpaired) electrons. The number of benzene rings is 2. The second kappa shape index (κ2) is 9.84. The average molecular weight is 488 g/mol. The molecular weight excluding hydrogens is 462 g/mol. The highest BCUT2D eigenvalue weighted by atomic mass is 32.2.